The lowest BCUT2D eigenvalue weighted by atomic mass is 10.2. The molecule has 2 rings (SSSR count). The number of hydrogen-bond acceptors (Lipinski definition) is 4. The van der Waals surface area contributed by atoms with Crippen molar-refractivity contribution in [1.29, 1.82) is 0 Å². The second-order valence-electron chi connectivity index (χ2n) is 3.80. The van der Waals surface area contributed by atoms with Crippen molar-refractivity contribution in [3.8, 4) is 0 Å². The summed E-state index contributed by atoms with van der Waals surface area (Å²) in [6, 6.07) is 1.76. The van der Waals surface area contributed by atoms with Gasteiger partial charge in [0, 0.05) is 31.1 Å². The van der Waals surface area contributed by atoms with Crippen LogP contribution in [0.25, 0.3) is 0 Å². The summed E-state index contributed by atoms with van der Waals surface area (Å²) >= 11 is 4.76. The van der Waals surface area contributed by atoms with Crippen LogP contribution in [-0.2, 0) is 10.0 Å². The van der Waals surface area contributed by atoms with Crippen molar-refractivity contribution in [3.63, 3.8) is 0 Å². The molecule has 2 heterocycles. The van der Waals surface area contributed by atoms with Gasteiger partial charge in [0.1, 0.15) is 0 Å². The lowest BCUT2D eigenvalue weighted by Crippen LogP contribution is -2.57. The zero-order chi connectivity index (χ0) is 11.9. The third-order valence-electron chi connectivity index (χ3n) is 2.77. The van der Waals surface area contributed by atoms with Gasteiger partial charge < -0.3 is 5.32 Å². The maximum atomic E-state index is 12.3. The van der Waals surface area contributed by atoms with Crippen molar-refractivity contribution in [2.45, 2.75) is 17.9 Å². The fourth-order valence-electron chi connectivity index (χ4n) is 1.57. The van der Waals surface area contributed by atoms with Crippen molar-refractivity contribution < 1.29 is 8.42 Å². The normalized spacial score (nSPS) is 17.8. The van der Waals surface area contributed by atoms with Gasteiger partial charge in [-0.15, -0.1) is 11.3 Å². The van der Waals surface area contributed by atoms with Gasteiger partial charge in [-0.2, -0.15) is 4.31 Å². The fourth-order valence-corrected chi connectivity index (χ4v) is 5.30. The SMILES string of the molecule is Cc1sc(Br)cc1S(=O)(=O)N(C)C1CNC1. The third-order valence-corrected chi connectivity index (χ3v) is 6.49. The highest BCUT2D eigenvalue weighted by Gasteiger charge is 2.33. The van der Waals surface area contributed by atoms with E-state index in [1.54, 1.807) is 13.1 Å². The van der Waals surface area contributed by atoms with E-state index in [1.807, 2.05) is 6.92 Å². The molecule has 0 aromatic carbocycles. The van der Waals surface area contributed by atoms with Crippen LogP contribution in [0.5, 0.6) is 0 Å². The highest BCUT2D eigenvalue weighted by atomic mass is 79.9. The van der Waals surface area contributed by atoms with Gasteiger partial charge in [0.15, 0.2) is 0 Å². The molecule has 1 N–H and O–H groups in total. The van der Waals surface area contributed by atoms with Crippen molar-refractivity contribution >= 4 is 37.3 Å². The molecule has 90 valence electrons. The Labute approximate surface area is 108 Å². The minimum Gasteiger partial charge on any atom is -0.313 e. The Hall–Kier alpha value is 0.0500. The summed E-state index contributed by atoms with van der Waals surface area (Å²) in [6.07, 6.45) is 0. The topological polar surface area (TPSA) is 49.4 Å². The van der Waals surface area contributed by atoms with Crippen LogP contribution >= 0.6 is 27.3 Å². The number of aryl methyl sites for hydroxylation is 1. The molecule has 0 radical (unpaired) electrons. The predicted molar refractivity (Wildman–Crippen MR) is 68.4 cm³/mol. The molecule has 1 aliphatic heterocycles. The summed E-state index contributed by atoms with van der Waals surface area (Å²) in [4.78, 5) is 1.24. The van der Waals surface area contributed by atoms with Gasteiger partial charge in [-0.25, -0.2) is 8.42 Å². The quantitative estimate of drug-likeness (QED) is 0.914. The van der Waals surface area contributed by atoms with E-state index in [9.17, 15) is 8.42 Å². The first kappa shape index (κ1) is 12.5. The Morgan fingerprint density at radius 1 is 1.56 bits per heavy atom. The van der Waals surface area contributed by atoms with Gasteiger partial charge in [-0.3, -0.25) is 0 Å². The Balaban J connectivity index is 2.34. The van der Waals surface area contributed by atoms with Gasteiger partial charge >= 0.3 is 0 Å². The molecule has 4 nitrogen and oxygen atoms in total. The monoisotopic (exact) mass is 324 g/mol. The number of nitrogens with one attached hydrogen (secondary N) is 1. The first-order chi connectivity index (χ1) is 7.43. The van der Waals surface area contributed by atoms with Crippen LogP contribution in [0.4, 0.5) is 0 Å². The minimum atomic E-state index is -3.34. The zero-order valence-electron chi connectivity index (χ0n) is 9.03. The van der Waals surface area contributed by atoms with Crippen LogP contribution in [0.2, 0.25) is 0 Å². The van der Waals surface area contributed by atoms with E-state index in [0.29, 0.717) is 4.90 Å². The summed E-state index contributed by atoms with van der Waals surface area (Å²) < 4.78 is 26.9. The van der Waals surface area contributed by atoms with Crippen molar-refractivity contribution in [2.24, 2.45) is 0 Å². The second kappa shape index (κ2) is 4.38. The Kier molecular flexibility index (Phi) is 3.42. The van der Waals surface area contributed by atoms with Gasteiger partial charge in [-0.1, -0.05) is 0 Å². The van der Waals surface area contributed by atoms with Gasteiger partial charge in [0.05, 0.1) is 8.68 Å². The van der Waals surface area contributed by atoms with Crippen LogP contribution in [0, 0.1) is 6.92 Å². The van der Waals surface area contributed by atoms with Crippen LogP contribution in [0.1, 0.15) is 4.88 Å². The Morgan fingerprint density at radius 2 is 2.19 bits per heavy atom. The van der Waals surface area contributed by atoms with E-state index < -0.39 is 10.0 Å². The van der Waals surface area contributed by atoms with Crippen LogP contribution in [0.3, 0.4) is 0 Å². The second-order valence-corrected chi connectivity index (χ2v) is 8.41. The zero-order valence-corrected chi connectivity index (χ0v) is 12.2. The number of likely N-dealkylation sites (N-methyl/N-ethyl adjacent to an activating group) is 1. The van der Waals surface area contributed by atoms with E-state index in [4.69, 9.17) is 0 Å². The van der Waals surface area contributed by atoms with Crippen molar-refractivity contribution in [2.75, 3.05) is 20.1 Å². The lowest BCUT2D eigenvalue weighted by Gasteiger charge is -2.34. The third kappa shape index (κ3) is 2.06. The summed E-state index contributed by atoms with van der Waals surface area (Å²) in [7, 11) is -1.69. The maximum absolute atomic E-state index is 12.3. The van der Waals surface area contributed by atoms with Crippen molar-refractivity contribution in [1.82, 2.24) is 9.62 Å². The standard InChI is InChI=1S/C9H13BrN2O2S2/c1-6-8(3-9(10)15-6)16(13,14)12(2)7-4-11-5-7/h3,7,11H,4-5H2,1-2H3. The van der Waals surface area contributed by atoms with E-state index in [1.165, 1.54) is 15.6 Å². The molecule has 0 saturated carbocycles. The molecule has 0 aliphatic carbocycles. The number of sulfonamides is 1. The summed E-state index contributed by atoms with van der Waals surface area (Å²) in [5, 5.41) is 3.07. The molecule has 1 saturated heterocycles. The maximum Gasteiger partial charge on any atom is 0.244 e. The molecule has 0 unspecified atom stereocenters. The van der Waals surface area contributed by atoms with E-state index in [2.05, 4.69) is 21.2 Å². The van der Waals surface area contributed by atoms with Crippen LogP contribution in [0.15, 0.2) is 14.7 Å². The molecule has 1 fully saturated rings. The highest BCUT2D eigenvalue weighted by molar-refractivity contribution is 9.11. The minimum absolute atomic E-state index is 0.0862. The lowest BCUT2D eigenvalue weighted by molar-refractivity contribution is 0.274. The molecule has 1 aromatic heterocycles. The summed E-state index contributed by atoms with van der Waals surface area (Å²) in [5.74, 6) is 0. The average Bonchev–Trinajstić information content (AvgIpc) is 2.42. The number of halogens is 1. The number of hydrogen-bond donors (Lipinski definition) is 1. The molecule has 1 aliphatic rings. The van der Waals surface area contributed by atoms with E-state index >= 15 is 0 Å². The van der Waals surface area contributed by atoms with Gasteiger partial charge in [0.2, 0.25) is 10.0 Å². The fraction of sp³-hybridized carbons (Fsp3) is 0.556. The van der Waals surface area contributed by atoms with Gasteiger partial charge in [0.25, 0.3) is 0 Å². The molecule has 7 heteroatoms. The highest BCUT2D eigenvalue weighted by Crippen LogP contribution is 2.31. The first-order valence-corrected chi connectivity index (χ1v) is 7.92. The summed E-state index contributed by atoms with van der Waals surface area (Å²) in [6.45, 7) is 3.30. The summed E-state index contributed by atoms with van der Waals surface area (Å²) in [5.41, 5.74) is 0. The number of rotatable bonds is 3. The first-order valence-electron chi connectivity index (χ1n) is 4.87. The predicted octanol–water partition coefficient (Wildman–Crippen LogP) is 1.41. The molecule has 1 aromatic rings. The molecule has 0 spiro atoms. The van der Waals surface area contributed by atoms with Crippen LogP contribution < -0.4 is 5.32 Å². The largest absolute Gasteiger partial charge is 0.313 e. The number of thiophene rings is 1. The average molecular weight is 325 g/mol. The van der Waals surface area contributed by atoms with Gasteiger partial charge in [-0.05, 0) is 28.9 Å². The van der Waals surface area contributed by atoms with E-state index in [-0.39, 0.29) is 6.04 Å². The number of nitrogens with zero attached hydrogens (tertiary/aromatic N) is 1. The molecule has 0 atom stereocenters. The van der Waals surface area contributed by atoms with Crippen LogP contribution in [-0.4, -0.2) is 38.9 Å². The molecular weight excluding hydrogens is 312 g/mol. The van der Waals surface area contributed by atoms with Crippen molar-refractivity contribution in [3.05, 3.63) is 14.7 Å². The Morgan fingerprint density at radius 3 is 2.56 bits per heavy atom. The molecule has 0 amide bonds. The Bertz CT molecular complexity index is 494. The molecule has 0 bridgehead atoms. The molecular formula is C9H13BrN2O2S2. The van der Waals surface area contributed by atoms with E-state index in [0.717, 1.165) is 21.8 Å². The molecule has 16 heavy (non-hydrogen) atoms. The smallest absolute Gasteiger partial charge is 0.244 e.